The number of hydrogen-bond donors (Lipinski definition) is 2. The number of aromatic amines is 2. The third kappa shape index (κ3) is 3.11. The number of hydrogen-bond acceptors (Lipinski definition) is 4. The summed E-state index contributed by atoms with van der Waals surface area (Å²) < 4.78 is 0. The van der Waals surface area contributed by atoms with Crippen LogP contribution in [0.5, 0.6) is 0 Å². The van der Waals surface area contributed by atoms with E-state index < -0.39 is 5.69 Å². The SMILES string of the molecule is O=c1cc(N2CCN(c3cccc(Cl)c3)CC2)[nH]c(=O)[nH]1. The van der Waals surface area contributed by atoms with Crippen molar-refractivity contribution in [3.05, 3.63) is 56.2 Å². The van der Waals surface area contributed by atoms with Gasteiger partial charge in [0, 0.05) is 43.0 Å². The van der Waals surface area contributed by atoms with Crippen LogP contribution in [0.1, 0.15) is 0 Å². The highest BCUT2D eigenvalue weighted by Crippen LogP contribution is 2.21. The molecule has 2 N–H and O–H groups in total. The molecule has 1 aromatic carbocycles. The largest absolute Gasteiger partial charge is 0.368 e. The van der Waals surface area contributed by atoms with E-state index in [0.29, 0.717) is 10.8 Å². The van der Waals surface area contributed by atoms with Crippen LogP contribution in [-0.2, 0) is 0 Å². The van der Waals surface area contributed by atoms with Crippen LogP contribution < -0.4 is 21.0 Å². The lowest BCUT2D eigenvalue weighted by molar-refractivity contribution is 0.645. The molecule has 1 fully saturated rings. The van der Waals surface area contributed by atoms with Gasteiger partial charge in [-0.1, -0.05) is 17.7 Å². The maximum absolute atomic E-state index is 11.3. The average Bonchev–Trinajstić information content (AvgIpc) is 2.46. The molecule has 0 bridgehead atoms. The Labute approximate surface area is 126 Å². The fourth-order valence-electron chi connectivity index (χ4n) is 2.50. The first-order chi connectivity index (χ1) is 10.1. The van der Waals surface area contributed by atoms with Crippen LogP contribution in [0.2, 0.25) is 5.02 Å². The molecule has 0 spiro atoms. The molecular weight excluding hydrogens is 292 g/mol. The van der Waals surface area contributed by atoms with Gasteiger partial charge in [0.05, 0.1) is 0 Å². The summed E-state index contributed by atoms with van der Waals surface area (Å²) in [7, 11) is 0. The first-order valence-corrected chi connectivity index (χ1v) is 7.09. The summed E-state index contributed by atoms with van der Waals surface area (Å²) in [5.41, 5.74) is 0.224. The summed E-state index contributed by atoms with van der Waals surface area (Å²) in [6.45, 7) is 3.06. The lowest BCUT2D eigenvalue weighted by Crippen LogP contribution is -2.47. The van der Waals surface area contributed by atoms with E-state index in [1.807, 2.05) is 29.2 Å². The highest BCUT2D eigenvalue weighted by atomic mass is 35.5. The Morgan fingerprint density at radius 1 is 0.952 bits per heavy atom. The van der Waals surface area contributed by atoms with E-state index in [9.17, 15) is 9.59 Å². The van der Waals surface area contributed by atoms with E-state index in [4.69, 9.17) is 11.6 Å². The van der Waals surface area contributed by atoms with Crippen LogP contribution >= 0.6 is 11.6 Å². The summed E-state index contributed by atoms with van der Waals surface area (Å²) in [5.74, 6) is 0.564. The Balaban J connectivity index is 1.73. The molecule has 21 heavy (non-hydrogen) atoms. The van der Waals surface area contributed by atoms with Crippen molar-refractivity contribution in [1.82, 2.24) is 9.97 Å². The molecule has 110 valence electrons. The first-order valence-electron chi connectivity index (χ1n) is 6.71. The van der Waals surface area contributed by atoms with Gasteiger partial charge in [0.25, 0.3) is 5.56 Å². The zero-order valence-corrected chi connectivity index (χ0v) is 12.1. The first kappa shape index (κ1) is 13.8. The van der Waals surface area contributed by atoms with E-state index >= 15 is 0 Å². The van der Waals surface area contributed by atoms with E-state index in [1.54, 1.807) is 0 Å². The fourth-order valence-corrected chi connectivity index (χ4v) is 2.69. The van der Waals surface area contributed by atoms with Gasteiger partial charge >= 0.3 is 5.69 Å². The molecule has 0 radical (unpaired) electrons. The van der Waals surface area contributed by atoms with Crippen LogP contribution in [0.25, 0.3) is 0 Å². The Bertz CT molecular complexity index is 719. The van der Waals surface area contributed by atoms with Crippen molar-refractivity contribution >= 4 is 23.1 Å². The molecule has 0 aliphatic carbocycles. The smallest absolute Gasteiger partial charge is 0.327 e. The topological polar surface area (TPSA) is 72.2 Å². The molecule has 0 amide bonds. The number of halogens is 1. The van der Waals surface area contributed by atoms with E-state index in [0.717, 1.165) is 31.9 Å². The van der Waals surface area contributed by atoms with E-state index in [2.05, 4.69) is 14.9 Å². The highest BCUT2D eigenvalue weighted by Gasteiger charge is 2.18. The van der Waals surface area contributed by atoms with Crippen molar-refractivity contribution < 1.29 is 0 Å². The summed E-state index contributed by atoms with van der Waals surface area (Å²) in [5, 5.41) is 0.717. The van der Waals surface area contributed by atoms with Crippen molar-refractivity contribution in [2.24, 2.45) is 0 Å². The monoisotopic (exact) mass is 306 g/mol. The Kier molecular flexibility index (Phi) is 3.70. The van der Waals surface area contributed by atoms with Gasteiger partial charge in [-0.25, -0.2) is 4.79 Å². The zero-order valence-electron chi connectivity index (χ0n) is 11.3. The molecule has 6 nitrogen and oxygen atoms in total. The number of aromatic nitrogens is 2. The van der Waals surface area contributed by atoms with Crippen LogP contribution in [0.3, 0.4) is 0 Å². The quantitative estimate of drug-likeness (QED) is 0.870. The van der Waals surface area contributed by atoms with Gasteiger partial charge in [-0.2, -0.15) is 0 Å². The second-order valence-electron chi connectivity index (χ2n) is 4.93. The lowest BCUT2D eigenvalue weighted by Gasteiger charge is -2.36. The van der Waals surface area contributed by atoms with Crippen molar-refractivity contribution in [1.29, 1.82) is 0 Å². The van der Waals surface area contributed by atoms with Gasteiger partial charge in [0.1, 0.15) is 5.82 Å². The van der Waals surface area contributed by atoms with Crippen molar-refractivity contribution in [2.75, 3.05) is 36.0 Å². The Hall–Kier alpha value is -2.21. The number of H-pyrrole nitrogens is 2. The van der Waals surface area contributed by atoms with Gasteiger partial charge in [0.15, 0.2) is 0 Å². The molecule has 3 rings (SSSR count). The van der Waals surface area contributed by atoms with Crippen LogP contribution in [0.4, 0.5) is 11.5 Å². The molecule has 0 unspecified atom stereocenters. The number of rotatable bonds is 2. The number of anilines is 2. The van der Waals surface area contributed by atoms with E-state index in [-0.39, 0.29) is 5.56 Å². The van der Waals surface area contributed by atoms with Gasteiger partial charge in [-0.05, 0) is 18.2 Å². The Morgan fingerprint density at radius 3 is 2.33 bits per heavy atom. The third-order valence-electron chi connectivity index (χ3n) is 3.54. The molecule has 2 aromatic rings. The van der Waals surface area contributed by atoms with Crippen molar-refractivity contribution in [2.45, 2.75) is 0 Å². The van der Waals surface area contributed by atoms with Gasteiger partial charge in [-0.3, -0.25) is 14.8 Å². The second kappa shape index (κ2) is 5.65. The molecular formula is C14H15ClN4O2. The molecule has 1 aliphatic heterocycles. The molecule has 1 aliphatic rings. The summed E-state index contributed by atoms with van der Waals surface area (Å²) >= 11 is 6.01. The molecule has 2 heterocycles. The van der Waals surface area contributed by atoms with Crippen molar-refractivity contribution in [3.63, 3.8) is 0 Å². The summed E-state index contributed by atoms with van der Waals surface area (Å²) in [6, 6.07) is 9.15. The number of nitrogens with one attached hydrogen (secondary N) is 2. The highest BCUT2D eigenvalue weighted by molar-refractivity contribution is 6.30. The standard InChI is InChI=1S/C14H15ClN4O2/c15-10-2-1-3-11(8-10)18-4-6-19(7-5-18)12-9-13(20)17-14(21)16-12/h1-3,8-9H,4-7H2,(H2,16,17,20,21). The molecule has 1 aromatic heterocycles. The second-order valence-corrected chi connectivity index (χ2v) is 5.36. The minimum atomic E-state index is -0.477. The lowest BCUT2D eigenvalue weighted by atomic mass is 10.2. The predicted molar refractivity (Wildman–Crippen MR) is 83.6 cm³/mol. The number of piperazine rings is 1. The summed E-state index contributed by atoms with van der Waals surface area (Å²) in [4.78, 5) is 31.7. The molecule has 1 saturated heterocycles. The zero-order chi connectivity index (χ0) is 14.8. The fraction of sp³-hybridized carbons (Fsp3) is 0.286. The Morgan fingerprint density at radius 2 is 1.67 bits per heavy atom. The predicted octanol–water partition coefficient (Wildman–Crippen LogP) is 1.04. The molecule has 7 heteroatoms. The van der Waals surface area contributed by atoms with Gasteiger partial charge < -0.3 is 9.80 Å². The maximum atomic E-state index is 11.3. The minimum Gasteiger partial charge on any atom is -0.368 e. The van der Waals surface area contributed by atoms with Gasteiger partial charge in [-0.15, -0.1) is 0 Å². The molecule has 0 atom stereocenters. The number of nitrogens with zero attached hydrogens (tertiary/aromatic N) is 2. The van der Waals surface area contributed by atoms with Gasteiger partial charge in [0.2, 0.25) is 0 Å². The van der Waals surface area contributed by atoms with Crippen LogP contribution in [0, 0.1) is 0 Å². The van der Waals surface area contributed by atoms with Crippen molar-refractivity contribution in [3.8, 4) is 0 Å². The van der Waals surface area contributed by atoms with E-state index in [1.165, 1.54) is 6.07 Å². The number of benzene rings is 1. The van der Waals surface area contributed by atoms with Crippen LogP contribution in [-0.4, -0.2) is 36.1 Å². The molecule has 0 saturated carbocycles. The minimum absolute atomic E-state index is 0.383. The third-order valence-corrected chi connectivity index (χ3v) is 3.77. The van der Waals surface area contributed by atoms with Crippen LogP contribution in [0.15, 0.2) is 39.9 Å². The summed E-state index contributed by atoms with van der Waals surface area (Å²) in [6.07, 6.45) is 0. The maximum Gasteiger partial charge on any atom is 0.327 e. The normalized spacial score (nSPS) is 15.3. The average molecular weight is 307 g/mol.